The number of aromatic nitrogens is 2. The van der Waals surface area contributed by atoms with Crippen molar-refractivity contribution in [2.45, 2.75) is 26.4 Å². The van der Waals surface area contributed by atoms with E-state index in [1.165, 1.54) is 10.6 Å². The Balaban J connectivity index is 2.20. The van der Waals surface area contributed by atoms with Gasteiger partial charge in [0, 0.05) is 36.5 Å². The summed E-state index contributed by atoms with van der Waals surface area (Å²) in [5.74, 6) is 5.13. The Kier molecular flexibility index (Phi) is 4.96. The van der Waals surface area contributed by atoms with Gasteiger partial charge in [-0.2, -0.15) is 0 Å². The highest BCUT2D eigenvalue weighted by molar-refractivity contribution is 5.37. The van der Waals surface area contributed by atoms with E-state index in [1.54, 1.807) is 29.1 Å². The lowest BCUT2D eigenvalue weighted by Crippen LogP contribution is -2.24. The van der Waals surface area contributed by atoms with Crippen LogP contribution in [0.5, 0.6) is 0 Å². The third-order valence-corrected chi connectivity index (χ3v) is 3.12. The number of imidazole rings is 1. The molecule has 0 saturated carbocycles. The van der Waals surface area contributed by atoms with Crippen LogP contribution >= 0.6 is 0 Å². The minimum absolute atomic E-state index is 0.00903. The number of benzene rings is 1. The van der Waals surface area contributed by atoms with Gasteiger partial charge in [-0.3, -0.25) is 9.13 Å². The van der Waals surface area contributed by atoms with Gasteiger partial charge >= 0.3 is 5.69 Å². The van der Waals surface area contributed by atoms with Crippen LogP contribution in [0, 0.1) is 17.7 Å². The van der Waals surface area contributed by atoms with Gasteiger partial charge in [0.2, 0.25) is 0 Å². The Morgan fingerprint density at radius 2 is 2.05 bits per heavy atom. The summed E-state index contributed by atoms with van der Waals surface area (Å²) in [5, 5.41) is 8.64. The van der Waals surface area contributed by atoms with Crippen LogP contribution in [0.1, 0.15) is 24.5 Å². The molecule has 1 heterocycles. The zero-order valence-electron chi connectivity index (χ0n) is 11.8. The molecule has 110 valence electrons. The SMILES string of the molecule is CCn1ccn(Cc2ccc(C#CCCO)cc2F)c1=O. The van der Waals surface area contributed by atoms with Gasteiger partial charge in [0.15, 0.2) is 0 Å². The Hall–Kier alpha value is -2.32. The van der Waals surface area contributed by atoms with Crippen molar-refractivity contribution in [2.75, 3.05) is 6.61 Å². The molecule has 5 heteroatoms. The molecular formula is C16H17FN2O2. The first kappa shape index (κ1) is 15.1. The summed E-state index contributed by atoms with van der Waals surface area (Å²) in [7, 11) is 0. The standard InChI is InChI=1S/C16H17FN2O2/c1-2-18-8-9-19(16(18)21)12-14-7-6-13(11-15(14)17)5-3-4-10-20/h6-9,11,20H,2,4,10,12H2,1H3. The van der Waals surface area contributed by atoms with E-state index in [-0.39, 0.29) is 24.7 Å². The smallest absolute Gasteiger partial charge is 0.328 e. The predicted octanol–water partition coefficient (Wildman–Crippen LogP) is 1.59. The van der Waals surface area contributed by atoms with Gasteiger partial charge in [-0.05, 0) is 19.1 Å². The summed E-state index contributed by atoms with van der Waals surface area (Å²) in [6, 6.07) is 4.69. The van der Waals surface area contributed by atoms with Crippen molar-refractivity contribution in [3.05, 3.63) is 58.0 Å². The molecule has 0 fully saturated rings. The van der Waals surface area contributed by atoms with Crippen LogP contribution < -0.4 is 5.69 Å². The molecule has 0 aliphatic rings. The summed E-state index contributed by atoms with van der Waals surface area (Å²) in [5.41, 5.74) is 0.852. The van der Waals surface area contributed by atoms with Gasteiger partial charge in [-0.1, -0.05) is 17.9 Å². The molecule has 2 rings (SSSR count). The maximum absolute atomic E-state index is 14.0. The summed E-state index contributed by atoms with van der Waals surface area (Å²) in [6.07, 6.45) is 3.71. The molecule has 1 aromatic carbocycles. The molecule has 0 spiro atoms. The maximum atomic E-state index is 14.0. The highest BCUT2D eigenvalue weighted by Gasteiger charge is 2.07. The van der Waals surface area contributed by atoms with E-state index in [9.17, 15) is 9.18 Å². The van der Waals surface area contributed by atoms with Gasteiger partial charge < -0.3 is 5.11 Å². The molecule has 0 aliphatic heterocycles. The van der Waals surface area contributed by atoms with E-state index in [1.807, 2.05) is 6.92 Å². The van der Waals surface area contributed by atoms with E-state index in [2.05, 4.69) is 11.8 Å². The first-order valence-corrected chi connectivity index (χ1v) is 6.79. The van der Waals surface area contributed by atoms with Crippen LogP contribution in [0.15, 0.2) is 35.4 Å². The Morgan fingerprint density at radius 1 is 1.29 bits per heavy atom. The summed E-state index contributed by atoms with van der Waals surface area (Å²) < 4.78 is 17.1. The molecule has 0 atom stereocenters. The normalized spacial score (nSPS) is 10.2. The summed E-state index contributed by atoms with van der Waals surface area (Å²) in [4.78, 5) is 11.9. The fourth-order valence-electron chi connectivity index (χ4n) is 1.97. The van der Waals surface area contributed by atoms with E-state index in [4.69, 9.17) is 5.11 Å². The Morgan fingerprint density at radius 3 is 2.67 bits per heavy atom. The number of aliphatic hydroxyl groups is 1. The number of hydrogen-bond acceptors (Lipinski definition) is 2. The van der Waals surface area contributed by atoms with Crippen LogP contribution in [0.25, 0.3) is 0 Å². The van der Waals surface area contributed by atoms with E-state index >= 15 is 0 Å². The topological polar surface area (TPSA) is 47.2 Å². The highest BCUT2D eigenvalue weighted by atomic mass is 19.1. The third-order valence-electron chi connectivity index (χ3n) is 3.12. The Bertz CT molecular complexity index is 735. The average molecular weight is 288 g/mol. The minimum Gasteiger partial charge on any atom is -0.395 e. The molecule has 0 bridgehead atoms. The summed E-state index contributed by atoms with van der Waals surface area (Å²) >= 11 is 0. The van der Waals surface area contributed by atoms with Crippen molar-refractivity contribution < 1.29 is 9.50 Å². The molecule has 0 amide bonds. The maximum Gasteiger partial charge on any atom is 0.328 e. The highest BCUT2D eigenvalue weighted by Crippen LogP contribution is 2.11. The van der Waals surface area contributed by atoms with Crippen molar-refractivity contribution >= 4 is 0 Å². The van der Waals surface area contributed by atoms with Gasteiger partial charge in [0.25, 0.3) is 0 Å². The quantitative estimate of drug-likeness (QED) is 0.869. The van der Waals surface area contributed by atoms with E-state index in [0.29, 0.717) is 24.1 Å². The zero-order valence-corrected chi connectivity index (χ0v) is 11.8. The van der Waals surface area contributed by atoms with Gasteiger partial charge in [0.1, 0.15) is 5.82 Å². The number of aryl methyl sites for hydroxylation is 1. The van der Waals surface area contributed by atoms with Crippen LogP contribution in [-0.4, -0.2) is 20.8 Å². The number of nitrogens with zero attached hydrogens (tertiary/aromatic N) is 2. The molecule has 21 heavy (non-hydrogen) atoms. The van der Waals surface area contributed by atoms with Crippen molar-refractivity contribution in [2.24, 2.45) is 0 Å². The molecule has 0 aliphatic carbocycles. The molecule has 2 aromatic rings. The Labute approximate surface area is 122 Å². The second kappa shape index (κ2) is 6.91. The van der Waals surface area contributed by atoms with Crippen molar-refractivity contribution in [3.63, 3.8) is 0 Å². The fraction of sp³-hybridized carbons (Fsp3) is 0.312. The number of hydrogen-bond donors (Lipinski definition) is 1. The monoisotopic (exact) mass is 288 g/mol. The lowest BCUT2D eigenvalue weighted by atomic mass is 10.1. The van der Waals surface area contributed by atoms with Crippen LogP contribution in [0.4, 0.5) is 4.39 Å². The minimum atomic E-state index is -0.387. The van der Waals surface area contributed by atoms with E-state index < -0.39 is 0 Å². The van der Waals surface area contributed by atoms with Crippen molar-refractivity contribution in [1.29, 1.82) is 0 Å². The first-order valence-electron chi connectivity index (χ1n) is 6.79. The van der Waals surface area contributed by atoms with Crippen molar-refractivity contribution in [3.8, 4) is 11.8 Å². The molecular weight excluding hydrogens is 271 g/mol. The van der Waals surface area contributed by atoms with Crippen LogP contribution in [0.3, 0.4) is 0 Å². The fourth-order valence-corrected chi connectivity index (χ4v) is 1.97. The molecule has 1 aromatic heterocycles. The second-order valence-corrected chi connectivity index (χ2v) is 4.58. The lowest BCUT2D eigenvalue weighted by molar-refractivity contribution is 0.305. The van der Waals surface area contributed by atoms with Crippen molar-refractivity contribution in [1.82, 2.24) is 9.13 Å². The van der Waals surface area contributed by atoms with Gasteiger partial charge in [-0.25, -0.2) is 9.18 Å². The third kappa shape index (κ3) is 3.61. The largest absolute Gasteiger partial charge is 0.395 e. The van der Waals surface area contributed by atoms with Gasteiger partial charge in [0.05, 0.1) is 13.2 Å². The molecule has 0 saturated heterocycles. The summed E-state index contributed by atoms with van der Waals surface area (Å²) in [6.45, 7) is 2.66. The molecule has 0 unspecified atom stereocenters. The zero-order chi connectivity index (χ0) is 15.2. The van der Waals surface area contributed by atoms with Crippen LogP contribution in [0.2, 0.25) is 0 Å². The van der Waals surface area contributed by atoms with E-state index in [0.717, 1.165) is 0 Å². The average Bonchev–Trinajstić information content (AvgIpc) is 2.82. The van der Waals surface area contributed by atoms with Gasteiger partial charge in [-0.15, -0.1) is 0 Å². The number of aliphatic hydroxyl groups excluding tert-OH is 1. The number of halogens is 1. The van der Waals surface area contributed by atoms with Crippen LogP contribution in [-0.2, 0) is 13.1 Å². The second-order valence-electron chi connectivity index (χ2n) is 4.58. The molecule has 0 radical (unpaired) electrons. The lowest BCUT2D eigenvalue weighted by Gasteiger charge is -2.04. The molecule has 1 N–H and O–H groups in total. The first-order chi connectivity index (χ1) is 10.2. The number of rotatable bonds is 4. The molecule has 4 nitrogen and oxygen atoms in total. The predicted molar refractivity (Wildman–Crippen MR) is 78.4 cm³/mol.